The monoisotopic (exact) mass is 662 g/mol. The van der Waals surface area contributed by atoms with Gasteiger partial charge in [-0.1, -0.05) is 55.0 Å². The number of para-hydroxylation sites is 1. The van der Waals surface area contributed by atoms with Gasteiger partial charge in [0, 0.05) is 17.3 Å². The minimum Gasteiger partial charge on any atom is -0.497 e. The molecule has 0 saturated carbocycles. The number of thiazole rings is 1. The number of ether oxygens (including phenoxy) is 3. The zero-order valence-electron chi connectivity index (χ0n) is 27.7. The lowest BCUT2D eigenvalue weighted by Gasteiger charge is -2.24. The van der Waals surface area contributed by atoms with E-state index in [0.29, 0.717) is 33.0 Å². The van der Waals surface area contributed by atoms with Crippen molar-refractivity contribution in [2.45, 2.75) is 46.6 Å². The zero-order valence-corrected chi connectivity index (χ0v) is 28.5. The Hall–Kier alpha value is -5.22. The van der Waals surface area contributed by atoms with Crippen LogP contribution in [0.2, 0.25) is 0 Å². The zero-order chi connectivity index (χ0) is 33.8. The summed E-state index contributed by atoms with van der Waals surface area (Å²) in [4.78, 5) is 32.9. The van der Waals surface area contributed by atoms with Crippen LogP contribution < -0.4 is 24.4 Å². The van der Waals surface area contributed by atoms with Crippen LogP contribution in [0.4, 0.5) is 0 Å². The first-order valence-electron chi connectivity index (χ1n) is 16.1. The van der Waals surface area contributed by atoms with E-state index in [9.17, 15) is 9.59 Å². The number of aryl methyl sites for hydroxylation is 1. The number of benzene rings is 3. The molecule has 0 bridgehead atoms. The number of carbonyl (C=O) groups is 1. The fourth-order valence-electron chi connectivity index (χ4n) is 5.75. The Labute approximate surface area is 283 Å². The van der Waals surface area contributed by atoms with Crippen molar-refractivity contribution in [3.05, 3.63) is 127 Å². The number of aromatic nitrogens is 3. The van der Waals surface area contributed by atoms with Crippen molar-refractivity contribution in [3.8, 4) is 28.4 Å². The molecule has 1 unspecified atom stereocenters. The Morgan fingerprint density at radius 3 is 2.48 bits per heavy atom. The predicted molar refractivity (Wildman–Crippen MR) is 188 cm³/mol. The molecule has 0 amide bonds. The molecule has 48 heavy (non-hydrogen) atoms. The van der Waals surface area contributed by atoms with Gasteiger partial charge in [0.15, 0.2) is 4.80 Å². The summed E-state index contributed by atoms with van der Waals surface area (Å²) >= 11 is 1.28. The number of nitrogens with zero attached hydrogens (tertiary/aromatic N) is 4. The van der Waals surface area contributed by atoms with Gasteiger partial charge >= 0.3 is 5.97 Å². The van der Waals surface area contributed by atoms with Gasteiger partial charge in [0.25, 0.3) is 5.56 Å². The van der Waals surface area contributed by atoms with Gasteiger partial charge < -0.3 is 14.2 Å². The van der Waals surface area contributed by atoms with Gasteiger partial charge in [0.2, 0.25) is 0 Å². The van der Waals surface area contributed by atoms with Crippen LogP contribution in [0.1, 0.15) is 56.3 Å². The summed E-state index contributed by atoms with van der Waals surface area (Å²) in [5, 5.41) is 4.99. The minimum atomic E-state index is -0.720. The molecule has 10 heteroatoms. The number of esters is 1. The maximum atomic E-state index is 14.3. The van der Waals surface area contributed by atoms with E-state index in [-0.39, 0.29) is 12.2 Å². The van der Waals surface area contributed by atoms with Crippen LogP contribution in [0.25, 0.3) is 23.0 Å². The summed E-state index contributed by atoms with van der Waals surface area (Å²) in [6.07, 6.45) is 5.85. The van der Waals surface area contributed by atoms with Crippen molar-refractivity contribution in [1.82, 2.24) is 14.3 Å². The van der Waals surface area contributed by atoms with E-state index < -0.39 is 12.0 Å². The molecule has 1 atom stereocenters. The maximum Gasteiger partial charge on any atom is 0.338 e. The highest BCUT2D eigenvalue weighted by Crippen LogP contribution is 2.32. The number of unbranched alkanes of at least 4 members (excludes halogenated alkanes) is 1. The molecule has 0 N–H and O–H groups in total. The molecule has 3 aromatic carbocycles. The van der Waals surface area contributed by atoms with E-state index in [2.05, 4.69) is 13.0 Å². The van der Waals surface area contributed by atoms with Crippen molar-refractivity contribution in [1.29, 1.82) is 0 Å². The van der Waals surface area contributed by atoms with E-state index in [1.807, 2.05) is 90.6 Å². The predicted octanol–water partition coefficient (Wildman–Crippen LogP) is 6.15. The van der Waals surface area contributed by atoms with Gasteiger partial charge in [-0.2, -0.15) is 5.10 Å². The molecule has 0 radical (unpaired) electrons. The van der Waals surface area contributed by atoms with E-state index in [1.165, 1.54) is 11.3 Å². The second-order valence-electron chi connectivity index (χ2n) is 11.5. The van der Waals surface area contributed by atoms with Gasteiger partial charge in [-0.25, -0.2) is 14.5 Å². The minimum absolute atomic E-state index is 0.203. The number of carbonyl (C=O) groups excluding carboxylic acids is 1. The van der Waals surface area contributed by atoms with E-state index in [0.717, 1.165) is 52.2 Å². The van der Waals surface area contributed by atoms with Crippen LogP contribution in [0, 0.1) is 6.92 Å². The molecule has 246 valence electrons. The Bertz CT molecular complexity index is 2160. The molecular weight excluding hydrogens is 625 g/mol. The molecule has 9 nitrogen and oxygen atoms in total. The Kier molecular flexibility index (Phi) is 9.72. The highest BCUT2D eigenvalue weighted by molar-refractivity contribution is 7.07. The fraction of sp³-hybridized carbons (Fsp3) is 0.263. The van der Waals surface area contributed by atoms with E-state index in [1.54, 1.807) is 25.5 Å². The van der Waals surface area contributed by atoms with Gasteiger partial charge in [-0.05, 0) is 86.9 Å². The van der Waals surface area contributed by atoms with Gasteiger partial charge in [0.1, 0.15) is 17.2 Å². The van der Waals surface area contributed by atoms with E-state index in [4.69, 9.17) is 24.3 Å². The third-order valence-corrected chi connectivity index (χ3v) is 9.19. The van der Waals surface area contributed by atoms with Crippen LogP contribution in [0.15, 0.2) is 100 Å². The van der Waals surface area contributed by atoms with Gasteiger partial charge in [0.05, 0.1) is 47.9 Å². The van der Waals surface area contributed by atoms with Crippen molar-refractivity contribution >= 4 is 23.4 Å². The van der Waals surface area contributed by atoms with Crippen LogP contribution in [-0.2, 0) is 9.53 Å². The third kappa shape index (κ3) is 6.48. The largest absolute Gasteiger partial charge is 0.497 e. The number of allylic oxidation sites excluding steroid dienone is 1. The molecule has 5 aromatic rings. The van der Waals surface area contributed by atoms with Gasteiger partial charge in [-0.3, -0.25) is 9.36 Å². The second kappa shape index (κ2) is 14.3. The summed E-state index contributed by atoms with van der Waals surface area (Å²) in [6, 6.07) is 22.5. The summed E-state index contributed by atoms with van der Waals surface area (Å²) in [6.45, 7) is 8.57. The Morgan fingerprint density at radius 2 is 1.79 bits per heavy atom. The molecule has 1 aliphatic rings. The third-order valence-electron chi connectivity index (χ3n) is 8.20. The SMILES string of the molecule is CCCCOc1ccc(-c2nn(-c3ccccc3)cc2C=c2sc3n(c2=O)C(c2ccc(OC)cc2)C(C(=O)OCC)=C(C)N=3)cc1C. The molecule has 0 spiro atoms. The number of methoxy groups -OCH3 is 1. The summed E-state index contributed by atoms with van der Waals surface area (Å²) < 4.78 is 20.7. The lowest BCUT2D eigenvalue weighted by molar-refractivity contribution is -0.139. The quantitative estimate of drug-likeness (QED) is 0.124. The molecule has 2 aromatic heterocycles. The first-order chi connectivity index (χ1) is 23.3. The number of fused-ring (bicyclic) bond motifs is 1. The molecule has 3 heterocycles. The maximum absolute atomic E-state index is 14.3. The highest BCUT2D eigenvalue weighted by Gasteiger charge is 2.33. The van der Waals surface area contributed by atoms with Gasteiger partial charge in [-0.15, -0.1) is 0 Å². The first-order valence-corrected chi connectivity index (χ1v) is 16.9. The Morgan fingerprint density at radius 1 is 1.02 bits per heavy atom. The average molecular weight is 663 g/mol. The van der Waals surface area contributed by atoms with Crippen molar-refractivity contribution < 1.29 is 19.0 Å². The molecular formula is C38H38N4O5S. The van der Waals surface area contributed by atoms with E-state index >= 15 is 0 Å². The Balaban J connectivity index is 1.51. The molecule has 0 aliphatic carbocycles. The number of rotatable bonds is 11. The molecule has 6 rings (SSSR count). The summed E-state index contributed by atoms with van der Waals surface area (Å²) in [5.41, 5.74) is 5.62. The number of hydrogen-bond acceptors (Lipinski definition) is 8. The summed E-state index contributed by atoms with van der Waals surface area (Å²) in [5.74, 6) is 1.01. The van der Waals surface area contributed by atoms with Crippen molar-refractivity contribution in [2.75, 3.05) is 20.3 Å². The molecule has 0 fully saturated rings. The smallest absolute Gasteiger partial charge is 0.338 e. The first kappa shape index (κ1) is 32.7. The normalized spacial score (nSPS) is 14.4. The lowest BCUT2D eigenvalue weighted by Crippen LogP contribution is -2.39. The standard InChI is InChI=1S/C38H38N4O5S/c1-6-8-20-47-31-19-16-27(21-24(31)3)34-28(23-41(40-34)29-12-10-9-11-13-29)22-32-36(43)42-35(26-14-17-30(45-5)18-15-26)33(37(44)46-7-2)25(4)39-38(42)48-32/h9-19,21-23,35H,6-8,20H2,1-5H3. The highest BCUT2D eigenvalue weighted by atomic mass is 32.1. The molecule has 0 saturated heterocycles. The van der Waals surface area contributed by atoms with Crippen LogP contribution in [0.3, 0.4) is 0 Å². The van der Waals surface area contributed by atoms with Crippen LogP contribution in [-0.4, -0.2) is 40.6 Å². The van der Waals surface area contributed by atoms with Crippen molar-refractivity contribution in [2.24, 2.45) is 4.99 Å². The van der Waals surface area contributed by atoms with Crippen molar-refractivity contribution in [3.63, 3.8) is 0 Å². The second-order valence-corrected chi connectivity index (χ2v) is 12.5. The van der Waals surface area contributed by atoms with Crippen LogP contribution in [0.5, 0.6) is 11.5 Å². The lowest BCUT2D eigenvalue weighted by atomic mass is 9.96. The average Bonchev–Trinajstić information content (AvgIpc) is 3.65. The molecule has 1 aliphatic heterocycles. The van der Waals surface area contributed by atoms with Crippen LogP contribution >= 0.6 is 11.3 Å². The number of hydrogen-bond donors (Lipinski definition) is 0. The fourth-order valence-corrected chi connectivity index (χ4v) is 6.79. The summed E-state index contributed by atoms with van der Waals surface area (Å²) in [7, 11) is 1.59. The topological polar surface area (TPSA) is 96.9 Å².